The van der Waals surface area contributed by atoms with Gasteiger partial charge in [-0.05, 0) is 13.3 Å². The molecule has 1 N–H and O–H groups in total. The van der Waals surface area contributed by atoms with Crippen molar-refractivity contribution in [2.45, 2.75) is 20.3 Å². The molecule has 0 saturated carbocycles. The fraction of sp³-hybridized carbons (Fsp3) is 0.400. The number of allylic oxidation sites excluding steroid dienone is 1. The number of carbonyl (C=O) groups is 1. The number of amides is 1. The lowest BCUT2D eigenvalue weighted by atomic mass is 10.2. The Labute approximate surface area is 83.6 Å². The summed E-state index contributed by atoms with van der Waals surface area (Å²) in [5.41, 5.74) is 1.46. The van der Waals surface area contributed by atoms with Gasteiger partial charge in [0.1, 0.15) is 0 Å². The quantitative estimate of drug-likeness (QED) is 0.743. The van der Waals surface area contributed by atoms with Crippen LogP contribution in [0.25, 0.3) is 0 Å². The Bertz CT molecular complexity index is 352. The molecule has 0 aliphatic heterocycles. The van der Waals surface area contributed by atoms with Gasteiger partial charge in [-0.3, -0.25) is 9.48 Å². The molecular weight excluding hydrogens is 178 g/mol. The minimum absolute atomic E-state index is 0.0696. The maximum Gasteiger partial charge on any atom is 0.251 e. The van der Waals surface area contributed by atoms with Crippen LogP contribution in [0.4, 0.5) is 5.69 Å². The molecule has 1 aromatic rings. The lowest BCUT2D eigenvalue weighted by Gasteiger charge is -2.01. The van der Waals surface area contributed by atoms with E-state index in [2.05, 4.69) is 10.4 Å². The van der Waals surface area contributed by atoms with E-state index in [0.717, 1.165) is 17.7 Å². The first-order valence-electron chi connectivity index (χ1n) is 4.60. The van der Waals surface area contributed by atoms with Gasteiger partial charge < -0.3 is 5.32 Å². The third-order valence-electron chi connectivity index (χ3n) is 1.83. The zero-order valence-corrected chi connectivity index (χ0v) is 8.74. The molecule has 0 spiro atoms. The maximum absolute atomic E-state index is 11.5. The van der Waals surface area contributed by atoms with Crippen molar-refractivity contribution in [1.29, 1.82) is 0 Å². The SMILES string of the molecule is CC/C=C(\C)C(=O)Nc1cnn(C)c1. The van der Waals surface area contributed by atoms with Gasteiger partial charge in [-0.2, -0.15) is 5.10 Å². The highest BCUT2D eigenvalue weighted by Gasteiger charge is 2.04. The Morgan fingerprint density at radius 3 is 2.93 bits per heavy atom. The number of hydrogen-bond acceptors (Lipinski definition) is 2. The smallest absolute Gasteiger partial charge is 0.251 e. The van der Waals surface area contributed by atoms with E-state index in [9.17, 15) is 4.79 Å². The van der Waals surface area contributed by atoms with E-state index in [1.54, 1.807) is 24.0 Å². The second kappa shape index (κ2) is 4.60. The number of nitrogens with one attached hydrogen (secondary N) is 1. The number of nitrogens with zero attached hydrogens (tertiary/aromatic N) is 2. The summed E-state index contributed by atoms with van der Waals surface area (Å²) in [4.78, 5) is 11.5. The fourth-order valence-electron chi connectivity index (χ4n) is 1.11. The van der Waals surface area contributed by atoms with Crippen LogP contribution in [0, 0.1) is 0 Å². The summed E-state index contributed by atoms with van der Waals surface area (Å²) in [7, 11) is 1.81. The van der Waals surface area contributed by atoms with Crippen molar-refractivity contribution in [3.05, 3.63) is 24.0 Å². The highest BCUT2D eigenvalue weighted by atomic mass is 16.1. The van der Waals surface area contributed by atoms with E-state index < -0.39 is 0 Å². The molecule has 14 heavy (non-hydrogen) atoms. The van der Waals surface area contributed by atoms with Gasteiger partial charge in [-0.15, -0.1) is 0 Å². The van der Waals surface area contributed by atoms with Gasteiger partial charge in [0.2, 0.25) is 0 Å². The topological polar surface area (TPSA) is 46.9 Å². The standard InChI is InChI=1S/C10H15N3O/c1-4-5-8(2)10(14)12-9-6-11-13(3)7-9/h5-7H,4H2,1-3H3,(H,12,14)/b8-5+. The van der Waals surface area contributed by atoms with Gasteiger partial charge in [0.15, 0.2) is 0 Å². The first-order chi connectivity index (χ1) is 6.63. The van der Waals surface area contributed by atoms with E-state index in [0.29, 0.717) is 0 Å². The third kappa shape index (κ3) is 2.73. The molecule has 4 heteroatoms. The number of rotatable bonds is 3. The molecule has 1 amide bonds. The lowest BCUT2D eigenvalue weighted by Crippen LogP contribution is -2.12. The van der Waals surface area contributed by atoms with E-state index in [4.69, 9.17) is 0 Å². The normalized spacial score (nSPS) is 11.5. The highest BCUT2D eigenvalue weighted by Crippen LogP contribution is 2.06. The highest BCUT2D eigenvalue weighted by molar-refractivity contribution is 6.03. The summed E-state index contributed by atoms with van der Waals surface area (Å²) in [6, 6.07) is 0. The molecule has 0 atom stereocenters. The Balaban J connectivity index is 2.61. The maximum atomic E-state index is 11.5. The van der Waals surface area contributed by atoms with Crippen LogP contribution < -0.4 is 5.32 Å². The Morgan fingerprint density at radius 1 is 1.71 bits per heavy atom. The number of aryl methyl sites for hydroxylation is 1. The van der Waals surface area contributed by atoms with Crippen LogP contribution in [0.15, 0.2) is 24.0 Å². The van der Waals surface area contributed by atoms with Crippen molar-refractivity contribution in [1.82, 2.24) is 9.78 Å². The molecule has 0 aliphatic carbocycles. The molecule has 0 bridgehead atoms. The summed E-state index contributed by atoms with van der Waals surface area (Å²) in [5, 5.41) is 6.71. The van der Waals surface area contributed by atoms with Crippen molar-refractivity contribution >= 4 is 11.6 Å². The van der Waals surface area contributed by atoms with Crippen molar-refractivity contribution in [3.8, 4) is 0 Å². The largest absolute Gasteiger partial charge is 0.320 e. The van der Waals surface area contributed by atoms with Crippen molar-refractivity contribution in [3.63, 3.8) is 0 Å². The summed E-state index contributed by atoms with van der Waals surface area (Å²) in [6.45, 7) is 3.80. The number of aromatic nitrogens is 2. The van der Waals surface area contributed by atoms with Gasteiger partial charge in [0.25, 0.3) is 5.91 Å². The molecular formula is C10H15N3O. The van der Waals surface area contributed by atoms with E-state index in [1.807, 2.05) is 20.0 Å². The minimum Gasteiger partial charge on any atom is -0.320 e. The molecule has 1 rings (SSSR count). The Morgan fingerprint density at radius 2 is 2.43 bits per heavy atom. The van der Waals surface area contributed by atoms with Gasteiger partial charge in [-0.1, -0.05) is 13.0 Å². The third-order valence-corrected chi connectivity index (χ3v) is 1.83. The summed E-state index contributed by atoms with van der Waals surface area (Å²) < 4.78 is 1.65. The molecule has 0 aliphatic rings. The summed E-state index contributed by atoms with van der Waals surface area (Å²) in [6.07, 6.45) is 6.15. The molecule has 1 aromatic heterocycles. The van der Waals surface area contributed by atoms with E-state index in [-0.39, 0.29) is 5.91 Å². The average molecular weight is 193 g/mol. The van der Waals surface area contributed by atoms with Crippen LogP contribution in [0.5, 0.6) is 0 Å². The monoisotopic (exact) mass is 193 g/mol. The van der Waals surface area contributed by atoms with E-state index in [1.165, 1.54) is 0 Å². The fourth-order valence-corrected chi connectivity index (χ4v) is 1.11. The number of hydrogen-bond donors (Lipinski definition) is 1. The molecule has 0 aromatic carbocycles. The summed E-state index contributed by atoms with van der Waals surface area (Å²) in [5.74, 6) is -0.0696. The molecule has 1 heterocycles. The summed E-state index contributed by atoms with van der Waals surface area (Å²) >= 11 is 0. The van der Waals surface area contributed by atoms with E-state index >= 15 is 0 Å². The van der Waals surface area contributed by atoms with Crippen LogP contribution in [-0.2, 0) is 11.8 Å². The molecule has 0 fully saturated rings. The Kier molecular flexibility index (Phi) is 3.45. The van der Waals surface area contributed by atoms with Crippen molar-refractivity contribution in [2.24, 2.45) is 7.05 Å². The second-order valence-corrected chi connectivity index (χ2v) is 3.15. The van der Waals surface area contributed by atoms with Crippen LogP contribution in [-0.4, -0.2) is 15.7 Å². The zero-order chi connectivity index (χ0) is 10.6. The molecule has 0 unspecified atom stereocenters. The van der Waals surface area contributed by atoms with Gasteiger partial charge in [0.05, 0.1) is 11.9 Å². The van der Waals surface area contributed by atoms with Crippen LogP contribution in [0.1, 0.15) is 20.3 Å². The Hall–Kier alpha value is -1.58. The van der Waals surface area contributed by atoms with Crippen molar-refractivity contribution in [2.75, 3.05) is 5.32 Å². The predicted molar refractivity (Wildman–Crippen MR) is 55.9 cm³/mol. The second-order valence-electron chi connectivity index (χ2n) is 3.15. The predicted octanol–water partition coefficient (Wildman–Crippen LogP) is 1.71. The minimum atomic E-state index is -0.0696. The van der Waals surface area contributed by atoms with Gasteiger partial charge in [0, 0.05) is 18.8 Å². The van der Waals surface area contributed by atoms with Crippen LogP contribution in [0.2, 0.25) is 0 Å². The van der Waals surface area contributed by atoms with Crippen molar-refractivity contribution < 1.29 is 4.79 Å². The van der Waals surface area contributed by atoms with Crippen LogP contribution in [0.3, 0.4) is 0 Å². The number of anilines is 1. The van der Waals surface area contributed by atoms with Gasteiger partial charge >= 0.3 is 0 Å². The molecule has 4 nitrogen and oxygen atoms in total. The molecule has 76 valence electrons. The number of carbonyl (C=O) groups excluding carboxylic acids is 1. The molecule has 0 saturated heterocycles. The average Bonchev–Trinajstić information content (AvgIpc) is 2.51. The van der Waals surface area contributed by atoms with Gasteiger partial charge in [-0.25, -0.2) is 0 Å². The first-order valence-corrected chi connectivity index (χ1v) is 4.60. The molecule has 0 radical (unpaired) electrons. The lowest BCUT2D eigenvalue weighted by molar-refractivity contribution is -0.112. The zero-order valence-electron chi connectivity index (χ0n) is 8.74. The van der Waals surface area contributed by atoms with Crippen LogP contribution >= 0.6 is 0 Å². The first kappa shape index (κ1) is 10.5.